The Morgan fingerprint density at radius 2 is 1.84 bits per heavy atom. The number of pyridine rings is 1. The zero-order valence-electron chi connectivity index (χ0n) is 12.4. The van der Waals surface area contributed by atoms with Gasteiger partial charge >= 0.3 is 0 Å². The minimum atomic E-state index is 0.677. The molecule has 0 fully saturated rings. The van der Waals surface area contributed by atoms with Crippen LogP contribution in [0.1, 0.15) is 62.4 Å². The highest BCUT2D eigenvalue weighted by Gasteiger charge is 2.07. The topological polar surface area (TPSA) is 48.7 Å². The lowest BCUT2D eigenvalue weighted by molar-refractivity contribution is 0.617. The van der Waals surface area contributed by atoms with Crippen molar-refractivity contribution < 1.29 is 0 Å². The molecule has 104 valence electrons. The maximum Gasteiger partial charge on any atom is 0.103 e. The summed E-state index contributed by atoms with van der Waals surface area (Å²) in [6.45, 7) is 7.02. The van der Waals surface area contributed by atoms with E-state index in [4.69, 9.17) is 5.26 Å². The molecular formula is C16H25N3. The summed E-state index contributed by atoms with van der Waals surface area (Å²) in [5.41, 5.74) is 3.38. The Hall–Kier alpha value is -1.56. The Balaban J connectivity index is 2.39. The Morgan fingerprint density at radius 3 is 2.53 bits per heavy atom. The fourth-order valence-corrected chi connectivity index (χ4v) is 2.24. The first-order valence-corrected chi connectivity index (χ1v) is 7.31. The third-order valence-electron chi connectivity index (χ3n) is 3.29. The van der Waals surface area contributed by atoms with Crippen molar-refractivity contribution >= 4 is 5.69 Å². The molecule has 0 aliphatic carbocycles. The van der Waals surface area contributed by atoms with Crippen molar-refractivity contribution in [3.05, 3.63) is 23.0 Å². The summed E-state index contributed by atoms with van der Waals surface area (Å²) in [5.74, 6) is 0. The highest BCUT2D eigenvalue weighted by molar-refractivity contribution is 5.59. The van der Waals surface area contributed by atoms with Gasteiger partial charge in [-0.05, 0) is 26.3 Å². The molecular weight excluding hydrogens is 234 g/mol. The summed E-state index contributed by atoms with van der Waals surface area (Å²) in [7, 11) is 0. The van der Waals surface area contributed by atoms with Crippen LogP contribution in [0.2, 0.25) is 0 Å². The molecule has 0 spiro atoms. The molecule has 1 aromatic rings. The molecule has 0 aliphatic rings. The van der Waals surface area contributed by atoms with Crippen molar-refractivity contribution in [1.29, 1.82) is 5.26 Å². The van der Waals surface area contributed by atoms with E-state index in [9.17, 15) is 0 Å². The van der Waals surface area contributed by atoms with Crippen LogP contribution in [0.4, 0.5) is 5.69 Å². The third kappa shape index (κ3) is 5.30. The molecule has 0 saturated carbocycles. The van der Waals surface area contributed by atoms with E-state index < -0.39 is 0 Å². The number of hydrogen-bond donors (Lipinski definition) is 1. The van der Waals surface area contributed by atoms with Gasteiger partial charge in [0.1, 0.15) is 6.07 Å². The average molecular weight is 259 g/mol. The molecule has 0 atom stereocenters. The van der Waals surface area contributed by atoms with E-state index in [2.05, 4.69) is 23.3 Å². The molecule has 0 unspecified atom stereocenters. The van der Waals surface area contributed by atoms with Crippen LogP contribution in [0.3, 0.4) is 0 Å². The first-order chi connectivity index (χ1) is 9.19. The highest BCUT2D eigenvalue weighted by Crippen LogP contribution is 2.18. The fourth-order valence-electron chi connectivity index (χ4n) is 2.24. The summed E-state index contributed by atoms with van der Waals surface area (Å²) in [6, 6.07) is 4.20. The minimum Gasteiger partial charge on any atom is -0.384 e. The highest BCUT2D eigenvalue weighted by atomic mass is 14.9. The van der Waals surface area contributed by atoms with Crippen molar-refractivity contribution in [3.63, 3.8) is 0 Å². The first-order valence-electron chi connectivity index (χ1n) is 7.31. The predicted molar refractivity (Wildman–Crippen MR) is 80.3 cm³/mol. The summed E-state index contributed by atoms with van der Waals surface area (Å²) in [5, 5.41) is 12.5. The van der Waals surface area contributed by atoms with Crippen LogP contribution in [0, 0.1) is 25.2 Å². The number of unbranched alkanes of at least 4 members (excludes halogenated alkanes) is 5. The SMILES string of the molecule is CCCCCCCCNc1cc(C)nc(C)c1C#N. The second-order valence-corrected chi connectivity index (χ2v) is 5.08. The molecule has 3 heteroatoms. The van der Waals surface area contributed by atoms with Crippen LogP contribution < -0.4 is 5.32 Å². The monoisotopic (exact) mass is 259 g/mol. The van der Waals surface area contributed by atoms with E-state index in [-0.39, 0.29) is 0 Å². The van der Waals surface area contributed by atoms with Gasteiger partial charge < -0.3 is 5.32 Å². The molecule has 1 aromatic heterocycles. The maximum atomic E-state index is 9.16. The lowest BCUT2D eigenvalue weighted by atomic mass is 10.1. The average Bonchev–Trinajstić information content (AvgIpc) is 2.37. The standard InChI is InChI=1S/C16H25N3/c1-4-5-6-7-8-9-10-18-16-11-13(2)19-14(3)15(16)12-17/h11H,4-10H2,1-3H3,(H,18,19). The molecule has 0 amide bonds. The van der Waals surface area contributed by atoms with Crippen molar-refractivity contribution in [3.8, 4) is 6.07 Å². The Morgan fingerprint density at radius 1 is 1.16 bits per heavy atom. The lowest BCUT2D eigenvalue weighted by Crippen LogP contribution is -2.06. The van der Waals surface area contributed by atoms with Gasteiger partial charge in [-0.2, -0.15) is 5.26 Å². The summed E-state index contributed by atoms with van der Waals surface area (Å²) in [6.07, 6.45) is 7.71. The first kappa shape index (κ1) is 15.5. The summed E-state index contributed by atoms with van der Waals surface area (Å²) >= 11 is 0. The number of nitrogens with one attached hydrogen (secondary N) is 1. The Labute approximate surface area is 117 Å². The molecule has 1 heterocycles. The molecule has 3 nitrogen and oxygen atoms in total. The number of nitrogens with zero attached hydrogens (tertiary/aromatic N) is 2. The second-order valence-electron chi connectivity index (χ2n) is 5.08. The number of anilines is 1. The zero-order valence-corrected chi connectivity index (χ0v) is 12.4. The van der Waals surface area contributed by atoms with Crippen LogP contribution in [-0.4, -0.2) is 11.5 Å². The summed E-state index contributed by atoms with van der Waals surface area (Å²) < 4.78 is 0. The third-order valence-corrected chi connectivity index (χ3v) is 3.29. The molecule has 0 aromatic carbocycles. The van der Waals surface area contributed by atoms with Gasteiger partial charge in [-0.25, -0.2) is 0 Å². The van der Waals surface area contributed by atoms with E-state index in [1.165, 1.54) is 32.1 Å². The molecule has 0 aliphatic heterocycles. The predicted octanol–water partition coefficient (Wildman–Crippen LogP) is 4.34. The molecule has 0 bridgehead atoms. The van der Waals surface area contributed by atoms with Crippen LogP contribution in [0.5, 0.6) is 0 Å². The second kappa shape index (κ2) is 8.53. The van der Waals surface area contributed by atoms with E-state index in [0.717, 1.165) is 30.0 Å². The zero-order chi connectivity index (χ0) is 14.1. The number of aryl methyl sites for hydroxylation is 2. The lowest BCUT2D eigenvalue weighted by Gasteiger charge is -2.10. The summed E-state index contributed by atoms with van der Waals surface area (Å²) in [4.78, 5) is 4.32. The Kier molecular flexibility index (Phi) is 6.95. The molecule has 0 radical (unpaired) electrons. The fraction of sp³-hybridized carbons (Fsp3) is 0.625. The van der Waals surface area contributed by atoms with Crippen LogP contribution in [0.15, 0.2) is 6.07 Å². The molecule has 1 N–H and O–H groups in total. The molecule has 1 rings (SSSR count). The van der Waals surface area contributed by atoms with E-state index in [0.29, 0.717) is 5.56 Å². The molecule has 0 saturated heterocycles. The van der Waals surface area contributed by atoms with Gasteiger partial charge in [0.15, 0.2) is 0 Å². The van der Waals surface area contributed by atoms with Crippen molar-refractivity contribution in [2.45, 2.75) is 59.3 Å². The quantitative estimate of drug-likeness (QED) is 0.706. The number of rotatable bonds is 8. The van der Waals surface area contributed by atoms with E-state index in [1.807, 2.05) is 19.9 Å². The van der Waals surface area contributed by atoms with E-state index in [1.54, 1.807) is 0 Å². The van der Waals surface area contributed by atoms with Gasteiger partial charge in [0, 0.05) is 12.2 Å². The smallest absolute Gasteiger partial charge is 0.103 e. The van der Waals surface area contributed by atoms with Gasteiger partial charge in [-0.3, -0.25) is 4.98 Å². The van der Waals surface area contributed by atoms with Crippen LogP contribution >= 0.6 is 0 Å². The van der Waals surface area contributed by atoms with Gasteiger partial charge in [0.05, 0.1) is 16.9 Å². The van der Waals surface area contributed by atoms with Crippen molar-refractivity contribution in [2.24, 2.45) is 0 Å². The number of aromatic nitrogens is 1. The number of nitriles is 1. The van der Waals surface area contributed by atoms with Gasteiger partial charge in [0.25, 0.3) is 0 Å². The normalized spacial score (nSPS) is 10.2. The molecule has 19 heavy (non-hydrogen) atoms. The van der Waals surface area contributed by atoms with Crippen LogP contribution in [0.25, 0.3) is 0 Å². The van der Waals surface area contributed by atoms with E-state index >= 15 is 0 Å². The Bertz CT molecular complexity index is 432. The van der Waals surface area contributed by atoms with Gasteiger partial charge in [-0.15, -0.1) is 0 Å². The van der Waals surface area contributed by atoms with Gasteiger partial charge in [0.2, 0.25) is 0 Å². The maximum absolute atomic E-state index is 9.16. The van der Waals surface area contributed by atoms with Crippen molar-refractivity contribution in [1.82, 2.24) is 4.98 Å². The minimum absolute atomic E-state index is 0.677. The largest absolute Gasteiger partial charge is 0.384 e. The van der Waals surface area contributed by atoms with Crippen LogP contribution in [-0.2, 0) is 0 Å². The van der Waals surface area contributed by atoms with Gasteiger partial charge in [-0.1, -0.05) is 39.0 Å². The van der Waals surface area contributed by atoms with Crippen molar-refractivity contribution in [2.75, 3.05) is 11.9 Å². The number of hydrogen-bond acceptors (Lipinski definition) is 3.